The molecule has 1 N–H and O–H groups in total. The van der Waals surface area contributed by atoms with Gasteiger partial charge in [0.2, 0.25) is 0 Å². The fourth-order valence-corrected chi connectivity index (χ4v) is 3.51. The third-order valence-electron chi connectivity index (χ3n) is 4.65. The first-order chi connectivity index (χ1) is 9.93. The highest BCUT2D eigenvalue weighted by atomic mass is 16.5. The van der Waals surface area contributed by atoms with E-state index in [2.05, 4.69) is 40.5 Å². The zero-order chi connectivity index (χ0) is 13.6. The zero-order valence-corrected chi connectivity index (χ0v) is 12.3. The highest BCUT2D eigenvalue weighted by Gasteiger charge is 2.28. The van der Waals surface area contributed by atoms with Crippen LogP contribution in [0, 0.1) is 0 Å². The van der Waals surface area contributed by atoms with E-state index >= 15 is 0 Å². The SMILES string of the molecule is c1ccc(CN(C2CCNCC2)C2CCOCC2)cc1. The Balaban J connectivity index is 1.71. The van der Waals surface area contributed by atoms with Gasteiger partial charge in [-0.25, -0.2) is 0 Å². The molecule has 2 fully saturated rings. The van der Waals surface area contributed by atoms with Gasteiger partial charge in [0.15, 0.2) is 0 Å². The molecule has 2 saturated heterocycles. The fourth-order valence-electron chi connectivity index (χ4n) is 3.51. The minimum Gasteiger partial charge on any atom is -0.381 e. The van der Waals surface area contributed by atoms with Gasteiger partial charge in [-0.1, -0.05) is 30.3 Å². The lowest BCUT2D eigenvalue weighted by Gasteiger charge is -2.41. The Morgan fingerprint density at radius 1 is 0.950 bits per heavy atom. The summed E-state index contributed by atoms with van der Waals surface area (Å²) >= 11 is 0. The van der Waals surface area contributed by atoms with Crippen LogP contribution in [0.3, 0.4) is 0 Å². The lowest BCUT2D eigenvalue weighted by molar-refractivity contribution is 0.00630. The summed E-state index contributed by atoms with van der Waals surface area (Å²) in [6.07, 6.45) is 4.95. The maximum absolute atomic E-state index is 5.55. The summed E-state index contributed by atoms with van der Waals surface area (Å²) in [5.41, 5.74) is 1.44. The van der Waals surface area contributed by atoms with Crippen LogP contribution in [0.1, 0.15) is 31.2 Å². The van der Waals surface area contributed by atoms with Crippen molar-refractivity contribution >= 4 is 0 Å². The minimum absolute atomic E-state index is 0.701. The highest BCUT2D eigenvalue weighted by molar-refractivity contribution is 5.15. The summed E-state index contributed by atoms with van der Waals surface area (Å²) in [6.45, 7) is 5.29. The van der Waals surface area contributed by atoms with Crippen molar-refractivity contribution < 1.29 is 4.74 Å². The van der Waals surface area contributed by atoms with Crippen LogP contribution in [0.15, 0.2) is 30.3 Å². The second kappa shape index (κ2) is 7.21. The van der Waals surface area contributed by atoms with Crippen LogP contribution in [-0.2, 0) is 11.3 Å². The summed E-state index contributed by atoms with van der Waals surface area (Å²) in [6, 6.07) is 12.4. The van der Waals surface area contributed by atoms with Crippen molar-refractivity contribution in [3.8, 4) is 0 Å². The molecule has 0 atom stereocenters. The molecule has 3 rings (SSSR count). The zero-order valence-electron chi connectivity index (χ0n) is 12.3. The van der Waals surface area contributed by atoms with Gasteiger partial charge in [-0.3, -0.25) is 4.90 Å². The van der Waals surface area contributed by atoms with Gasteiger partial charge in [0.25, 0.3) is 0 Å². The number of benzene rings is 1. The van der Waals surface area contributed by atoms with Gasteiger partial charge in [0.1, 0.15) is 0 Å². The second-order valence-electron chi connectivity index (χ2n) is 5.98. The molecule has 0 aromatic heterocycles. The minimum atomic E-state index is 0.701. The molecule has 0 radical (unpaired) electrons. The van der Waals surface area contributed by atoms with Crippen molar-refractivity contribution in [2.45, 2.75) is 44.3 Å². The van der Waals surface area contributed by atoms with Crippen molar-refractivity contribution in [2.75, 3.05) is 26.3 Å². The highest BCUT2D eigenvalue weighted by Crippen LogP contribution is 2.24. The molecule has 2 heterocycles. The lowest BCUT2D eigenvalue weighted by atomic mass is 9.97. The fraction of sp³-hybridized carbons (Fsp3) is 0.647. The van der Waals surface area contributed by atoms with E-state index in [1.54, 1.807) is 0 Å². The van der Waals surface area contributed by atoms with Crippen molar-refractivity contribution in [3.05, 3.63) is 35.9 Å². The molecule has 2 aliphatic heterocycles. The topological polar surface area (TPSA) is 24.5 Å². The van der Waals surface area contributed by atoms with E-state index in [9.17, 15) is 0 Å². The molecule has 0 aliphatic carbocycles. The van der Waals surface area contributed by atoms with E-state index < -0.39 is 0 Å². The maximum atomic E-state index is 5.55. The molecule has 3 heteroatoms. The standard InChI is InChI=1S/C17H26N2O/c1-2-4-15(5-3-1)14-19(16-6-10-18-11-7-16)17-8-12-20-13-9-17/h1-5,16-18H,6-14H2. The van der Waals surface area contributed by atoms with Gasteiger partial charge >= 0.3 is 0 Å². The summed E-state index contributed by atoms with van der Waals surface area (Å²) in [5, 5.41) is 3.49. The molecular formula is C17H26N2O. The number of hydrogen-bond donors (Lipinski definition) is 1. The summed E-state index contributed by atoms with van der Waals surface area (Å²) in [4.78, 5) is 2.76. The van der Waals surface area contributed by atoms with Gasteiger partial charge in [-0.05, 0) is 44.3 Å². The maximum Gasteiger partial charge on any atom is 0.0480 e. The lowest BCUT2D eigenvalue weighted by Crippen LogP contribution is -2.49. The van der Waals surface area contributed by atoms with Crippen molar-refractivity contribution in [3.63, 3.8) is 0 Å². The monoisotopic (exact) mass is 274 g/mol. The third-order valence-corrected chi connectivity index (χ3v) is 4.65. The molecule has 0 amide bonds. The smallest absolute Gasteiger partial charge is 0.0480 e. The average molecular weight is 274 g/mol. The van der Waals surface area contributed by atoms with E-state index in [4.69, 9.17) is 4.74 Å². The molecule has 20 heavy (non-hydrogen) atoms. The summed E-state index contributed by atoms with van der Waals surface area (Å²) < 4.78 is 5.55. The number of nitrogens with zero attached hydrogens (tertiary/aromatic N) is 1. The Hall–Kier alpha value is -0.900. The van der Waals surface area contributed by atoms with Gasteiger partial charge in [0.05, 0.1) is 0 Å². The van der Waals surface area contributed by atoms with Crippen LogP contribution in [0.4, 0.5) is 0 Å². The molecule has 1 aromatic carbocycles. The van der Waals surface area contributed by atoms with Gasteiger partial charge in [0, 0.05) is 31.8 Å². The van der Waals surface area contributed by atoms with Crippen LogP contribution < -0.4 is 5.32 Å². The van der Waals surface area contributed by atoms with Crippen molar-refractivity contribution in [2.24, 2.45) is 0 Å². The van der Waals surface area contributed by atoms with Crippen molar-refractivity contribution in [1.82, 2.24) is 10.2 Å². The Labute approximate surface area is 122 Å². The first kappa shape index (κ1) is 14.1. The largest absolute Gasteiger partial charge is 0.381 e. The number of ether oxygens (including phenoxy) is 1. The predicted molar refractivity (Wildman–Crippen MR) is 81.7 cm³/mol. The quantitative estimate of drug-likeness (QED) is 0.912. The van der Waals surface area contributed by atoms with Crippen LogP contribution in [0.5, 0.6) is 0 Å². The third kappa shape index (κ3) is 3.60. The van der Waals surface area contributed by atoms with Crippen LogP contribution in [0.25, 0.3) is 0 Å². The molecule has 2 aliphatic rings. The molecule has 0 spiro atoms. The summed E-state index contributed by atoms with van der Waals surface area (Å²) in [7, 11) is 0. The van der Waals surface area contributed by atoms with E-state index in [1.165, 1.54) is 44.3 Å². The summed E-state index contributed by atoms with van der Waals surface area (Å²) in [5.74, 6) is 0. The molecule has 0 saturated carbocycles. The predicted octanol–water partition coefficient (Wildman–Crippen LogP) is 2.42. The Kier molecular flexibility index (Phi) is 5.06. The van der Waals surface area contributed by atoms with Crippen LogP contribution >= 0.6 is 0 Å². The van der Waals surface area contributed by atoms with E-state index in [0.717, 1.165) is 25.8 Å². The molecule has 0 bridgehead atoms. The number of rotatable bonds is 4. The number of piperidine rings is 1. The van der Waals surface area contributed by atoms with Gasteiger partial charge < -0.3 is 10.1 Å². The van der Waals surface area contributed by atoms with Gasteiger partial charge in [-0.15, -0.1) is 0 Å². The van der Waals surface area contributed by atoms with Gasteiger partial charge in [-0.2, -0.15) is 0 Å². The van der Waals surface area contributed by atoms with E-state index in [0.29, 0.717) is 6.04 Å². The van der Waals surface area contributed by atoms with E-state index in [-0.39, 0.29) is 0 Å². The first-order valence-corrected chi connectivity index (χ1v) is 8.01. The first-order valence-electron chi connectivity index (χ1n) is 8.01. The second-order valence-corrected chi connectivity index (χ2v) is 5.98. The number of nitrogens with one attached hydrogen (secondary N) is 1. The van der Waals surface area contributed by atoms with E-state index in [1.807, 2.05) is 0 Å². The molecular weight excluding hydrogens is 248 g/mol. The molecule has 110 valence electrons. The normalized spacial score (nSPS) is 22.2. The average Bonchev–Trinajstić information content (AvgIpc) is 2.55. The Morgan fingerprint density at radius 3 is 2.30 bits per heavy atom. The van der Waals surface area contributed by atoms with Crippen molar-refractivity contribution in [1.29, 1.82) is 0 Å². The molecule has 0 unspecified atom stereocenters. The molecule has 3 nitrogen and oxygen atoms in total. The van der Waals surface area contributed by atoms with Crippen LogP contribution in [-0.4, -0.2) is 43.3 Å². The Bertz CT molecular complexity index is 365. The number of hydrogen-bond acceptors (Lipinski definition) is 3. The Morgan fingerprint density at radius 2 is 1.60 bits per heavy atom. The van der Waals surface area contributed by atoms with Crippen LogP contribution in [0.2, 0.25) is 0 Å². The molecule has 1 aromatic rings.